The molecular weight excluding hydrogens is 268 g/mol. The number of pyridine rings is 1. The maximum atomic E-state index is 12.0. The summed E-state index contributed by atoms with van der Waals surface area (Å²) in [4.78, 5) is 16.3. The minimum atomic E-state index is -0.0366. The maximum Gasteiger partial charge on any atom is 0.220 e. The Balaban J connectivity index is 1.82. The van der Waals surface area contributed by atoms with Gasteiger partial charge in [-0.25, -0.2) is 4.68 Å². The first kappa shape index (κ1) is 15.1. The zero-order chi connectivity index (χ0) is 15.1. The minimum absolute atomic E-state index is 0.0261. The molecule has 2 aromatic heterocycles. The molecule has 0 saturated heterocycles. The van der Waals surface area contributed by atoms with Crippen molar-refractivity contribution in [3.63, 3.8) is 0 Å². The maximum absolute atomic E-state index is 12.0. The van der Waals surface area contributed by atoms with Crippen LogP contribution in [0.25, 0.3) is 0 Å². The summed E-state index contributed by atoms with van der Waals surface area (Å²) in [7, 11) is 0. The van der Waals surface area contributed by atoms with Gasteiger partial charge in [-0.15, -0.1) is 5.10 Å². The molecule has 0 aliphatic carbocycles. The summed E-state index contributed by atoms with van der Waals surface area (Å²) in [6, 6.07) is 3.92. The lowest BCUT2D eigenvalue weighted by Crippen LogP contribution is -2.28. The second-order valence-electron chi connectivity index (χ2n) is 4.96. The zero-order valence-electron chi connectivity index (χ0n) is 12.4. The molecule has 7 heteroatoms. The van der Waals surface area contributed by atoms with E-state index in [1.165, 1.54) is 0 Å². The van der Waals surface area contributed by atoms with Crippen molar-refractivity contribution in [2.24, 2.45) is 0 Å². The van der Waals surface area contributed by atoms with E-state index >= 15 is 0 Å². The number of rotatable bonds is 7. The lowest BCUT2D eigenvalue weighted by molar-refractivity contribution is -0.122. The third kappa shape index (κ3) is 4.62. The Hall–Kier alpha value is -2.31. The lowest BCUT2D eigenvalue weighted by Gasteiger charge is -2.16. The average molecular weight is 288 g/mol. The van der Waals surface area contributed by atoms with Crippen LogP contribution in [0.4, 0.5) is 0 Å². The Labute approximate surface area is 123 Å². The van der Waals surface area contributed by atoms with E-state index in [2.05, 4.69) is 25.8 Å². The van der Waals surface area contributed by atoms with Crippen molar-refractivity contribution in [1.29, 1.82) is 0 Å². The highest BCUT2D eigenvalue weighted by atomic mass is 16.1. The fourth-order valence-electron chi connectivity index (χ4n) is 2.09. The molecule has 21 heavy (non-hydrogen) atoms. The second-order valence-corrected chi connectivity index (χ2v) is 4.96. The fraction of sp³-hybridized carbons (Fsp3) is 0.500. The zero-order valence-corrected chi connectivity index (χ0v) is 12.4. The van der Waals surface area contributed by atoms with Crippen LogP contribution < -0.4 is 5.32 Å². The number of hydrogen-bond donors (Lipinski definition) is 1. The van der Waals surface area contributed by atoms with Gasteiger partial charge in [0.05, 0.1) is 11.7 Å². The number of nitrogens with one attached hydrogen (secondary N) is 1. The van der Waals surface area contributed by atoms with Crippen LogP contribution in [0.3, 0.4) is 0 Å². The van der Waals surface area contributed by atoms with Crippen LogP contribution in [0.5, 0.6) is 0 Å². The molecule has 0 aliphatic rings. The number of tetrazole rings is 1. The molecule has 0 fully saturated rings. The molecule has 1 amide bonds. The van der Waals surface area contributed by atoms with Crippen molar-refractivity contribution in [3.05, 3.63) is 35.9 Å². The number of aryl methyl sites for hydroxylation is 2. The van der Waals surface area contributed by atoms with Gasteiger partial charge in [0.15, 0.2) is 0 Å². The number of nitrogens with zero attached hydrogens (tertiary/aromatic N) is 5. The van der Waals surface area contributed by atoms with Crippen molar-refractivity contribution < 1.29 is 4.79 Å². The van der Waals surface area contributed by atoms with E-state index in [-0.39, 0.29) is 11.9 Å². The van der Waals surface area contributed by atoms with E-state index in [4.69, 9.17) is 0 Å². The van der Waals surface area contributed by atoms with Gasteiger partial charge in [-0.1, -0.05) is 6.92 Å². The van der Waals surface area contributed by atoms with Gasteiger partial charge in [0, 0.05) is 19.2 Å². The van der Waals surface area contributed by atoms with Gasteiger partial charge in [-0.2, -0.15) is 0 Å². The number of carbonyl (C=O) groups is 1. The van der Waals surface area contributed by atoms with E-state index in [1.54, 1.807) is 17.2 Å². The van der Waals surface area contributed by atoms with Crippen molar-refractivity contribution in [2.45, 2.75) is 45.7 Å². The van der Waals surface area contributed by atoms with Gasteiger partial charge in [0.25, 0.3) is 0 Å². The van der Waals surface area contributed by atoms with Crippen molar-refractivity contribution in [3.8, 4) is 0 Å². The van der Waals surface area contributed by atoms with E-state index in [0.29, 0.717) is 19.4 Å². The first-order valence-electron chi connectivity index (χ1n) is 7.11. The summed E-state index contributed by atoms with van der Waals surface area (Å²) >= 11 is 0. The highest BCUT2D eigenvalue weighted by Gasteiger charge is 2.13. The third-order valence-electron chi connectivity index (χ3n) is 3.22. The fourth-order valence-corrected chi connectivity index (χ4v) is 2.09. The second kappa shape index (κ2) is 7.47. The van der Waals surface area contributed by atoms with Gasteiger partial charge in [0.2, 0.25) is 5.91 Å². The average Bonchev–Trinajstić information content (AvgIpc) is 2.98. The van der Waals surface area contributed by atoms with Crippen LogP contribution in [0, 0.1) is 6.92 Å². The van der Waals surface area contributed by atoms with E-state index in [0.717, 1.165) is 17.7 Å². The van der Waals surface area contributed by atoms with Crippen LogP contribution in [0.2, 0.25) is 0 Å². The molecule has 1 N–H and O–H groups in total. The molecule has 0 radical (unpaired) electrons. The summed E-state index contributed by atoms with van der Waals surface area (Å²) in [5, 5.41) is 13.9. The SMILES string of the molecule is CC[C@H](NC(=O)CCCn1cnnn1)c1cc(C)ccn1. The molecule has 0 aromatic carbocycles. The van der Waals surface area contributed by atoms with E-state index in [1.807, 2.05) is 26.0 Å². The van der Waals surface area contributed by atoms with Gasteiger partial charge in [0.1, 0.15) is 6.33 Å². The Kier molecular flexibility index (Phi) is 5.36. The van der Waals surface area contributed by atoms with Crippen LogP contribution >= 0.6 is 0 Å². The molecule has 0 saturated carbocycles. The topological polar surface area (TPSA) is 85.6 Å². The molecule has 0 unspecified atom stereocenters. The first-order valence-corrected chi connectivity index (χ1v) is 7.11. The molecule has 0 bridgehead atoms. The molecule has 2 heterocycles. The molecule has 0 spiro atoms. The van der Waals surface area contributed by atoms with Gasteiger partial charge >= 0.3 is 0 Å². The third-order valence-corrected chi connectivity index (χ3v) is 3.22. The number of amides is 1. The van der Waals surface area contributed by atoms with Crippen LogP contribution in [-0.2, 0) is 11.3 Å². The molecule has 0 aliphatic heterocycles. The number of carbonyl (C=O) groups excluding carboxylic acids is 1. The van der Waals surface area contributed by atoms with E-state index in [9.17, 15) is 4.79 Å². The predicted octanol–water partition coefficient (Wildman–Crippen LogP) is 1.42. The highest BCUT2D eigenvalue weighted by molar-refractivity contribution is 5.76. The molecular formula is C14H20N6O. The van der Waals surface area contributed by atoms with Crippen LogP contribution in [-0.4, -0.2) is 31.1 Å². The minimum Gasteiger partial charge on any atom is -0.348 e. The Morgan fingerprint density at radius 1 is 1.48 bits per heavy atom. The van der Waals surface area contributed by atoms with Gasteiger partial charge in [-0.05, 0) is 47.9 Å². The van der Waals surface area contributed by atoms with E-state index < -0.39 is 0 Å². The number of hydrogen-bond acceptors (Lipinski definition) is 5. The Bertz CT molecular complexity index is 569. The van der Waals surface area contributed by atoms with Crippen molar-refractivity contribution in [1.82, 2.24) is 30.5 Å². The Morgan fingerprint density at radius 3 is 3.00 bits per heavy atom. The molecule has 2 aromatic rings. The quantitative estimate of drug-likeness (QED) is 0.833. The summed E-state index contributed by atoms with van der Waals surface area (Å²) in [5.74, 6) is 0.0261. The normalized spacial score (nSPS) is 12.1. The smallest absolute Gasteiger partial charge is 0.220 e. The summed E-state index contributed by atoms with van der Waals surface area (Å²) in [5.41, 5.74) is 2.05. The molecule has 112 valence electrons. The van der Waals surface area contributed by atoms with Crippen molar-refractivity contribution in [2.75, 3.05) is 0 Å². The predicted molar refractivity (Wildman–Crippen MR) is 77.2 cm³/mol. The molecule has 7 nitrogen and oxygen atoms in total. The van der Waals surface area contributed by atoms with Gasteiger partial charge < -0.3 is 5.32 Å². The van der Waals surface area contributed by atoms with Crippen LogP contribution in [0.1, 0.15) is 43.5 Å². The molecule has 2 rings (SSSR count). The summed E-state index contributed by atoms with van der Waals surface area (Å²) < 4.78 is 1.62. The summed E-state index contributed by atoms with van der Waals surface area (Å²) in [6.07, 6.45) is 5.28. The van der Waals surface area contributed by atoms with Crippen LogP contribution in [0.15, 0.2) is 24.7 Å². The first-order chi connectivity index (χ1) is 10.2. The standard InChI is InChI=1S/C14H20N6O/c1-3-12(13-9-11(2)6-7-15-13)17-14(21)5-4-8-20-10-16-18-19-20/h6-7,9-10,12H,3-5,8H2,1-2H3,(H,17,21)/t12-/m0/s1. The highest BCUT2D eigenvalue weighted by Crippen LogP contribution is 2.15. The largest absolute Gasteiger partial charge is 0.348 e. The monoisotopic (exact) mass is 288 g/mol. The lowest BCUT2D eigenvalue weighted by atomic mass is 10.1. The van der Waals surface area contributed by atoms with Gasteiger partial charge in [-0.3, -0.25) is 9.78 Å². The van der Waals surface area contributed by atoms with Crippen molar-refractivity contribution >= 4 is 5.91 Å². The number of aromatic nitrogens is 5. The molecule has 1 atom stereocenters. The Morgan fingerprint density at radius 2 is 2.33 bits per heavy atom. The summed E-state index contributed by atoms with van der Waals surface area (Å²) in [6.45, 7) is 4.70.